The highest BCUT2D eigenvalue weighted by Crippen LogP contribution is 2.55. The molecule has 146 valence electrons. The maximum Gasteiger partial charge on any atom is 0.316 e. The summed E-state index contributed by atoms with van der Waals surface area (Å²) < 4.78 is 27.9. The number of esters is 1. The molecule has 4 aliphatic carbocycles. The summed E-state index contributed by atoms with van der Waals surface area (Å²) in [4.78, 5) is 24.2. The molecule has 1 amide bonds. The summed E-state index contributed by atoms with van der Waals surface area (Å²) in [5, 5.41) is 3.15. The SMILES string of the molecule is O=C(COC(=O)CS[C@H]1CCS(=O)(=O)C1)NC12CC3CC(CC(C3)C1)C2. The summed E-state index contributed by atoms with van der Waals surface area (Å²) in [5.74, 6) is 2.05. The number of hydrogen-bond donors (Lipinski definition) is 1. The van der Waals surface area contributed by atoms with E-state index in [0.717, 1.165) is 37.0 Å². The third-order valence-corrected chi connectivity index (χ3v) is 9.69. The van der Waals surface area contributed by atoms with Crippen LogP contribution in [0.2, 0.25) is 0 Å². The van der Waals surface area contributed by atoms with Crippen LogP contribution in [0.15, 0.2) is 0 Å². The highest BCUT2D eigenvalue weighted by molar-refractivity contribution is 8.02. The summed E-state index contributed by atoms with van der Waals surface area (Å²) >= 11 is 1.32. The maximum absolute atomic E-state index is 12.3. The van der Waals surface area contributed by atoms with Gasteiger partial charge >= 0.3 is 5.97 Å². The molecular weight excluding hydrogens is 374 g/mol. The molecule has 4 saturated carbocycles. The molecule has 1 N–H and O–H groups in total. The Morgan fingerprint density at radius 2 is 1.69 bits per heavy atom. The van der Waals surface area contributed by atoms with Gasteiger partial charge in [-0.2, -0.15) is 0 Å². The lowest BCUT2D eigenvalue weighted by Crippen LogP contribution is -2.60. The van der Waals surface area contributed by atoms with Crippen LogP contribution in [-0.4, -0.2) is 54.9 Å². The predicted molar refractivity (Wildman–Crippen MR) is 99.5 cm³/mol. The van der Waals surface area contributed by atoms with E-state index in [1.807, 2.05) is 0 Å². The molecule has 0 aromatic rings. The number of sulfone groups is 1. The van der Waals surface area contributed by atoms with Gasteiger partial charge in [-0.05, 0) is 62.7 Å². The lowest BCUT2D eigenvalue weighted by atomic mass is 9.53. The minimum atomic E-state index is -2.93. The molecule has 0 unspecified atom stereocenters. The molecule has 5 aliphatic rings. The van der Waals surface area contributed by atoms with Gasteiger partial charge in [0.25, 0.3) is 5.91 Å². The number of nitrogens with one attached hydrogen (secondary N) is 1. The number of thioether (sulfide) groups is 1. The van der Waals surface area contributed by atoms with Crippen LogP contribution >= 0.6 is 11.8 Å². The number of carbonyl (C=O) groups excluding carboxylic acids is 2. The number of hydrogen-bond acceptors (Lipinski definition) is 6. The molecule has 26 heavy (non-hydrogen) atoms. The lowest BCUT2D eigenvalue weighted by molar-refractivity contribution is -0.147. The van der Waals surface area contributed by atoms with Gasteiger partial charge in [-0.25, -0.2) is 8.42 Å². The van der Waals surface area contributed by atoms with Gasteiger partial charge in [-0.1, -0.05) is 0 Å². The normalized spacial score (nSPS) is 39.7. The van der Waals surface area contributed by atoms with Crippen LogP contribution in [0.3, 0.4) is 0 Å². The Balaban J connectivity index is 1.19. The third kappa shape index (κ3) is 4.21. The molecular formula is C18H27NO5S2. The van der Waals surface area contributed by atoms with Crippen LogP contribution in [-0.2, 0) is 24.2 Å². The van der Waals surface area contributed by atoms with Crippen molar-refractivity contribution in [3.63, 3.8) is 0 Å². The zero-order valence-electron chi connectivity index (χ0n) is 14.9. The van der Waals surface area contributed by atoms with Gasteiger partial charge in [0.05, 0.1) is 17.3 Å². The molecule has 5 rings (SSSR count). The number of ether oxygens (including phenoxy) is 1. The fraction of sp³-hybridized carbons (Fsp3) is 0.889. The highest BCUT2D eigenvalue weighted by atomic mass is 32.2. The predicted octanol–water partition coefficient (Wildman–Crippen LogP) is 1.53. The van der Waals surface area contributed by atoms with Crippen LogP contribution < -0.4 is 5.32 Å². The number of rotatable bonds is 6. The molecule has 6 nitrogen and oxygen atoms in total. The van der Waals surface area contributed by atoms with E-state index in [4.69, 9.17) is 4.74 Å². The van der Waals surface area contributed by atoms with E-state index in [2.05, 4.69) is 5.32 Å². The van der Waals surface area contributed by atoms with Gasteiger partial charge in [0.15, 0.2) is 16.4 Å². The summed E-state index contributed by atoms with van der Waals surface area (Å²) in [6, 6.07) is 0. The summed E-state index contributed by atoms with van der Waals surface area (Å²) in [6.45, 7) is -0.232. The van der Waals surface area contributed by atoms with E-state index in [1.165, 1.54) is 31.0 Å². The highest BCUT2D eigenvalue weighted by Gasteiger charge is 2.51. The van der Waals surface area contributed by atoms with Gasteiger partial charge in [0.2, 0.25) is 0 Å². The van der Waals surface area contributed by atoms with Crippen molar-refractivity contribution in [2.45, 2.75) is 55.7 Å². The van der Waals surface area contributed by atoms with Crippen molar-refractivity contribution in [1.29, 1.82) is 0 Å². The zero-order valence-corrected chi connectivity index (χ0v) is 16.6. The van der Waals surface area contributed by atoms with E-state index in [1.54, 1.807) is 0 Å². The summed E-state index contributed by atoms with van der Waals surface area (Å²) in [6.07, 6.45) is 7.77. The molecule has 4 bridgehead atoms. The Kier molecular flexibility index (Phi) is 5.01. The Bertz CT molecular complexity index is 654. The van der Waals surface area contributed by atoms with Crippen LogP contribution in [0, 0.1) is 17.8 Å². The van der Waals surface area contributed by atoms with Crippen LogP contribution in [0.1, 0.15) is 44.9 Å². The van der Waals surface area contributed by atoms with Crippen LogP contribution in [0.5, 0.6) is 0 Å². The first-order valence-electron chi connectivity index (χ1n) is 9.59. The molecule has 8 heteroatoms. The Morgan fingerprint density at radius 1 is 1.08 bits per heavy atom. The van der Waals surface area contributed by atoms with Crippen LogP contribution in [0.4, 0.5) is 0 Å². The summed E-state index contributed by atoms with van der Waals surface area (Å²) in [7, 11) is -2.93. The average Bonchev–Trinajstić information content (AvgIpc) is 2.88. The number of carbonyl (C=O) groups is 2. The van der Waals surface area contributed by atoms with Crippen LogP contribution in [0.25, 0.3) is 0 Å². The number of amides is 1. The van der Waals surface area contributed by atoms with Gasteiger partial charge in [-0.15, -0.1) is 11.8 Å². The van der Waals surface area contributed by atoms with Gasteiger partial charge in [-0.3, -0.25) is 9.59 Å². The van der Waals surface area contributed by atoms with E-state index in [0.29, 0.717) is 6.42 Å². The second-order valence-corrected chi connectivity index (χ2v) is 12.3. The van der Waals surface area contributed by atoms with E-state index in [9.17, 15) is 18.0 Å². The largest absolute Gasteiger partial charge is 0.455 e. The Hall–Kier alpha value is -0.760. The second-order valence-electron chi connectivity index (χ2n) is 8.74. The first-order chi connectivity index (χ1) is 12.3. The topological polar surface area (TPSA) is 89.5 Å². The van der Waals surface area contributed by atoms with E-state index >= 15 is 0 Å². The van der Waals surface area contributed by atoms with Gasteiger partial charge in [0, 0.05) is 10.8 Å². The lowest BCUT2D eigenvalue weighted by Gasteiger charge is -2.56. The van der Waals surface area contributed by atoms with Crippen molar-refractivity contribution in [3.05, 3.63) is 0 Å². The Labute approximate surface area is 159 Å². The van der Waals surface area contributed by atoms with Crippen molar-refractivity contribution in [1.82, 2.24) is 5.32 Å². The van der Waals surface area contributed by atoms with Gasteiger partial charge < -0.3 is 10.1 Å². The van der Waals surface area contributed by atoms with Crippen molar-refractivity contribution in [2.75, 3.05) is 23.9 Å². The molecule has 1 aliphatic heterocycles. The quantitative estimate of drug-likeness (QED) is 0.679. The smallest absolute Gasteiger partial charge is 0.316 e. The molecule has 0 radical (unpaired) electrons. The van der Waals surface area contributed by atoms with Crippen molar-refractivity contribution in [2.24, 2.45) is 17.8 Å². The first kappa shape index (κ1) is 18.6. The van der Waals surface area contributed by atoms with Gasteiger partial charge in [0.1, 0.15) is 0 Å². The minimum absolute atomic E-state index is 0.0339. The van der Waals surface area contributed by atoms with Crippen molar-refractivity contribution >= 4 is 33.5 Å². The molecule has 0 aromatic carbocycles. The second kappa shape index (κ2) is 7.00. The summed E-state index contributed by atoms with van der Waals surface area (Å²) in [5.41, 5.74) is -0.0643. The molecule has 0 aromatic heterocycles. The maximum atomic E-state index is 12.3. The molecule has 1 atom stereocenters. The average molecular weight is 402 g/mol. The zero-order chi connectivity index (χ0) is 18.4. The Morgan fingerprint density at radius 3 is 2.23 bits per heavy atom. The van der Waals surface area contributed by atoms with Crippen molar-refractivity contribution in [3.8, 4) is 0 Å². The third-order valence-electron chi connectivity index (χ3n) is 6.43. The fourth-order valence-electron chi connectivity index (χ4n) is 5.86. The standard InChI is InChI=1S/C18H27NO5S2/c20-16(9-24-17(21)10-25-15-1-2-26(22,23)11-15)19-18-6-12-3-13(7-18)5-14(4-12)8-18/h12-15H,1-11H2,(H,19,20)/t12?,13?,14?,15-,18?/m0/s1. The minimum Gasteiger partial charge on any atom is -0.455 e. The monoisotopic (exact) mass is 401 g/mol. The molecule has 0 spiro atoms. The molecule has 1 saturated heterocycles. The fourth-order valence-corrected chi connectivity index (χ4v) is 9.30. The molecule has 5 fully saturated rings. The molecule has 1 heterocycles. The van der Waals surface area contributed by atoms with E-state index in [-0.39, 0.29) is 40.6 Å². The van der Waals surface area contributed by atoms with Crippen molar-refractivity contribution < 1.29 is 22.7 Å². The van der Waals surface area contributed by atoms with E-state index < -0.39 is 15.8 Å². The first-order valence-corrected chi connectivity index (χ1v) is 12.5.